The number of aromatic nitrogens is 3. The number of hydrogen-bond donors (Lipinski definition) is 2. The van der Waals surface area contributed by atoms with E-state index in [-0.39, 0.29) is 23.1 Å². The standard InChI is InChI=1S/C29H29ClN6O4S2/c1-20-6-4-8-23(16-20)32-27(37)19-41-29-34-33-26(36(29)24-9-5-7-22(30)17-24)18-31-28(38)21-10-12-25(13-11-21)42(39,40)35-14-2-3-15-35/h4-13,16-17H,2-3,14-15,18-19H2,1H3,(H,31,38)(H,32,37). The topological polar surface area (TPSA) is 126 Å². The number of thioether (sulfide) groups is 1. The van der Waals surface area contributed by atoms with Crippen LogP contribution in [0.3, 0.4) is 0 Å². The van der Waals surface area contributed by atoms with E-state index in [0.29, 0.717) is 46.0 Å². The van der Waals surface area contributed by atoms with Crippen LogP contribution < -0.4 is 10.6 Å². The van der Waals surface area contributed by atoms with Gasteiger partial charge in [-0.05, 0) is 79.9 Å². The van der Waals surface area contributed by atoms with Crippen LogP contribution in [0.1, 0.15) is 34.6 Å². The molecule has 0 unspecified atom stereocenters. The third kappa shape index (κ3) is 7.01. The predicted octanol–water partition coefficient (Wildman–Crippen LogP) is 4.67. The highest BCUT2D eigenvalue weighted by atomic mass is 35.5. The minimum atomic E-state index is -3.57. The third-order valence-corrected chi connectivity index (χ3v) is 9.70. The number of sulfonamides is 1. The van der Waals surface area contributed by atoms with Gasteiger partial charge in [0.05, 0.1) is 22.9 Å². The van der Waals surface area contributed by atoms with Gasteiger partial charge in [-0.3, -0.25) is 14.2 Å². The first-order valence-electron chi connectivity index (χ1n) is 13.3. The maximum absolute atomic E-state index is 12.9. The van der Waals surface area contributed by atoms with Crippen molar-refractivity contribution in [2.45, 2.75) is 36.4 Å². The third-order valence-electron chi connectivity index (χ3n) is 6.63. The van der Waals surface area contributed by atoms with Crippen LogP contribution in [-0.4, -0.2) is 58.1 Å². The summed E-state index contributed by atoms with van der Waals surface area (Å²) in [5.41, 5.74) is 2.74. The number of nitrogens with zero attached hydrogens (tertiary/aromatic N) is 4. The molecule has 2 heterocycles. The monoisotopic (exact) mass is 624 g/mol. The summed E-state index contributed by atoms with van der Waals surface area (Å²) in [5, 5.41) is 15.2. The molecule has 0 spiro atoms. The van der Waals surface area contributed by atoms with Crippen LogP contribution >= 0.6 is 23.4 Å². The van der Waals surface area contributed by atoms with Gasteiger partial charge in [0.15, 0.2) is 11.0 Å². The summed E-state index contributed by atoms with van der Waals surface area (Å²) in [6.07, 6.45) is 1.70. The number of benzene rings is 3. The molecule has 13 heteroatoms. The zero-order chi connectivity index (χ0) is 29.7. The van der Waals surface area contributed by atoms with Crippen molar-refractivity contribution in [2.75, 3.05) is 24.2 Å². The Kier molecular flexibility index (Phi) is 9.27. The van der Waals surface area contributed by atoms with E-state index < -0.39 is 15.9 Å². The first-order chi connectivity index (χ1) is 20.2. The molecule has 1 aliphatic heterocycles. The summed E-state index contributed by atoms with van der Waals surface area (Å²) in [7, 11) is -3.57. The Balaban J connectivity index is 1.28. The molecule has 0 bridgehead atoms. The number of halogens is 1. The number of anilines is 1. The number of carbonyl (C=O) groups is 2. The highest BCUT2D eigenvalue weighted by molar-refractivity contribution is 7.99. The van der Waals surface area contributed by atoms with Gasteiger partial charge in [0.1, 0.15) is 0 Å². The van der Waals surface area contributed by atoms with E-state index in [1.54, 1.807) is 22.8 Å². The van der Waals surface area contributed by atoms with Crippen molar-refractivity contribution in [1.82, 2.24) is 24.4 Å². The minimum Gasteiger partial charge on any atom is -0.345 e. The summed E-state index contributed by atoms with van der Waals surface area (Å²) in [6.45, 7) is 3.00. The van der Waals surface area contributed by atoms with Crippen molar-refractivity contribution >= 4 is 50.9 Å². The lowest BCUT2D eigenvalue weighted by Gasteiger charge is -2.15. The molecule has 3 aromatic carbocycles. The Morgan fingerprint density at radius 1 is 0.976 bits per heavy atom. The van der Waals surface area contributed by atoms with Crippen molar-refractivity contribution in [3.05, 3.63) is 94.8 Å². The average Bonchev–Trinajstić information content (AvgIpc) is 3.66. The highest BCUT2D eigenvalue weighted by Gasteiger charge is 2.27. The largest absolute Gasteiger partial charge is 0.345 e. The van der Waals surface area contributed by atoms with E-state index in [4.69, 9.17) is 11.6 Å². The van der Waals surface area contributed by atoms with Crippen LogP contribution in [0.2, 0.25) is 5.02 Å². The SMILES string of the molecule is Cc1cccc(NC(=O)CSc2nnc(CNC(=O)c3ccc(S(=O)(=O)N4CCCC4)cc3)n2-c2cccc(Cl)c2)c1. The van der Waals surface area contributed by atoms with Crippen LogP contribution in [0.4, 0.5) is 5.69 Å². The summed E-state index contributed by atoms with van der Waals surface area (Å²) in [4.78, 5) is 25.7. The van der Waals surface area contributed by atoms with Crippen LogP contribution in [-0.2, 0) is 21.4 Å². The fourth-order valence-corrected chi connectivity index (χ4v) is 7.02. The van der Waals surface area contributed by atoms with E-state index in [0.717, 1.165) is 18.4 Å². The van der Waals surface area contributed by atoms with Gasteiger partial charge >= 0.3 is 0 Å². The van der Waals surface area contributed by atoms with Gasteiger partial charge in [-0.1, -0.05) is 41.6 Å². The van der Waals surface area contributed by atoms with E-state index in [2.05, 4.69) is 20.8 Å². The maximum Gasteiger partial charge on any atom is 0.251 e. The van der Waals surface area contributed by atoms with Gasteiger partial charge in [-0.15, -0.1) is 10.2 Å². The van der Waals surface area contributed by atoms with Crippen LogP contribution in [0.15, 0.2) is 82.8 Å². The van der Waals surface area contributed by atoms with Crippen molar-refractivity contribution in [3.8, 4) is 5.69 Å². The molecule has 0 saturated carbocycles. The van der Waals surface area contributed by atoms with Crippen LogP contribution in [0, 0.1) is 6.92 Å². The summed E-state index contributed by atoms with van der Waals surface area (Å²) in [6, 6.07) is 20.5. The molecular formula is C29H29ClN6O4S2. The number of amides is 2. The first kappa shape index (κ1) is 29.8. The van der Waals surface area contributed by atoms with Gasteiger partial charge in [-0.25, -0.2) is 8.42 Å². The molecule has 0 aliphatic carbocycles. The highest BCUT2D eigenvalue weighted by Crippen LogP contribution is 2.25. The van der Waals surface area contributed by atoms with E-state index in [1.165, 1.54) is 40.3 Å². The Hall–Kier alpha value is -3.71. The second-order valence-corrected chi connectivity index (χ2v) is 13.1. The number of rotatable bonds is 10. The Bertz CT molecular complexity index is 1700. The van der Waals surface area contributed by atoms with Crippen molar-refractivity contribution < 1.29 is 18.0 Å². The minimum absolute atomic E-state index is 0.0300. The van der Waals surface area contributed by atoms with E-state index >= 15 is 0 Å². The van der Waals surface area contributed by atoms with E-state index in [9.17, 15) is 18.0 Å². The number of aryl methyl sites for hydroxylation is 1. The normalized spacial score (nSPS) is 13.7. The van der Waals surface area contributed by atoms with Crippen LogP contribution in [0.25, 0.3) is 5.69 Å². The smallest absolute Gasteiger partial charge is 0.251 e. The summed E-state index contributed by atoms with van der Waals surface area (Å²) >= 11 is 7.46. The lowest BCUT2D eigenvalue weighted by Crippen LogP contribution is -2.28. The molecule has 5 rings (SSSR count). The molecule has 0 atom stereocenters. The number of nitrogens with one attached hydrogen (secondary N) is 2. The zero-order valence-electron chi connectivity index (χ0n) is 22.8. The van der Waals surface area contributed by atoms with Crippen LogP contribution in [0.5, 0.6) is 0 Å². The molecule has 218 valence electrons. The van der Waals surface area contributed by atoms with Gasteiger partial charge in [0.25, 0.3) is 5.91 Å². The maximum atomic E-state index is 12.9. The molecule has 1 fully saturated rings. The van der Waals surface area contributed by atoms with E-state index in [1.807, 2.05) is 37.3 Å². The fourth-order valence-electron chi connectivity index (χ4n) is 4.55. The molecule has 0 radical (unpaired) electrons. The molecule has 4 aromatic rings. The van der Waals surface area contributed by atoms with Gasteiger partial charge in [0.2, 0.25) is 15.9 Å². The Morgan fingerprint density at radius 2 is 1.71 bits per heavy atom. The quantitative estimate of drug-likeness (QED) is 0.246. The second-order valence-electron chi connectivity index (χ2n) is 9.74. The molecule has 2 amide bonds. The van der Waals surface area contributed by atoms with Gasteiger partial charge < -0.3 is 10.6 Å². The fraction of sp³-hybridized carbons (Fsp3) is 0.241. The van der Waals surface area contributed by atoms with Crippen molar-refractivity contribution in [3.63, 3.8) is 0 Å². The summed E-state index contributed by atoms with van der Waals surface area (Å²) < 4.78 is 28.8. The Labute approximate surface area is 253 Å². The van der Waals surface area contributed by atoms with Gasteiger partial charge in [0, 0.05) is 29.4 Å². The zero-order valence-corrected chi connectivity index (χ0v) is 25.2. The lowest BCUT2D eigenvalue weighted by molar-refractivity contribution is -0.113. The number of hydrogen-bond acceptors (Lipinski definition) is 7. The van der Waals surface area contributed by atoms with Crippen molar-refractivity contribution in [2.24, 2.45) is 0 Å². The second kappa shape index (κ2) is 13.1. The molecule has 10 nitrogen and oxygen atoms in total. The number of carbonyl (C=O) groups excluding carboxylic acids is 2. The molecule has 1 aliphatic rings. The predicted molar refractivity (Wildman–Crippen MR) is 163 cm³/mol. The molecule has 2 N–H and O–H groups in total. The molecule has 1 aromatic heterocycles. The lowest BCUT2D eigenvalue weighted by atomic mass is 10.2. The first-order valence-corrected chi connectivity index (χ1v) is 16.1. The molecular weight excluding hydrogens is 596 g/mol. The molecule has 42 heavy (non-hydrogen) atoms. The van der Waals surface area contributed by atoms with Crippen molar-refractivity contribution in [1.29, 1.82) is 0 Å². The summed E-state index contributed by atoms with van der Waals surface area (Å²) in [5.74, 6) is -0.0738. The Morgan fingerprint density at radius 3 is 2.43 bits per heavy atom. The average molecular weight is 625 g/mol. The van der Waals surface area contributed by atoms with Gasteiger partial charge in [-0.2, -0.15) is 4.31 Å². The molecule has 1 saturated heterocycles.